The summed E-state index contributed by atoms with van der Waals surface area (Å²) < 4.78 is 0.951. The van der Waals surface area contributed by atoms with Crippen LogP contribution >= 0.6 is 15.9 Å². The second-order valence-corrected chi connectivity index (χ2v) is 5.52. The summed E-state index contributed by atoms with van der Waals surface area (Å²) in [7, 11) is 0. The maximum atomic E-state index is 5.81. The number of aryl methyl sites for hydroxylation is 1. The van der Waals surface area contributed by atoms with Gasteiger partial charge in [0.25, 0.3) is 0 Å². The summed E-state index contributed by atoms with van der Waals surface area (Å²) in [5.74, 6) is 1.85. The maximum absolute atomic E-state index is 5.81. The SMILES string of the molecule is CCc1nc(N)cc(Nc2cccc3cc(Br)cnc23)n1. The number of nitrogen functional groups attached to an aromatic ring is 1. The van der Waals surface area contributed by atoms with Crippen LogP contribution < -0.4 is 11.1 Å². The van der Waals surface area contributed by atoms with Crippen LogP contribution in [0, 0.1) is 0 Å². The van der Waals surface area contributed by atoms with E-state index < -0.39 is 0 Å². The van der Waals surface area contributed by atoms with Crippen LogP contribution in [-0.2, 0) is 6.42 Å². The normalized spacial score (nSPS) is 10.8. The molecule has 0 aliphatic carbocycles. The third kappa shape index (κ3) is 2.95. The summed E-state index contributed by atoms with van der Waals surface area (Å²) >= 11 is 3.43. The minimum Gasteiger partial charge on any atom is -0.384 e. The molecular weight excluding hydrogens is 330 g/mol. The molecule has 0 aliphatic heterocycles. The molecule has 3 rings (SSSR count). The minimum absolute atomic E-state index is 0.459. The molecule has 0 saturated heterocycles. The van der Waals surface area contributed by atoms with E-state index in [0.29, 0.717) is 17.5 Å². The van der Waals surface area contributed by atoms with E-state index in [1.807, 2.05) is 31.2 Å². The molecule has 2 aromatic heterocycles. The van der Waals surface area contributed by atoms with Crippen LogP contribution in [0.1, 0.15) is 12.7 Å². The third-order valence-corrected chi connectivity index (χ3v) is 3.48. The quantitative estimate of drug-likeness (QED) is 0.758. The Morgan fingerprint density at radius 1 is 1.24 bits per heavy atom. The van der Waals surface area contributed by atoms with Gasteiger partial charge in [-0.05, 0) is 28.1 Å². The van der Waals surface area contributed by atoms with Crippen LogP contribution in [0.5, 0.6) is 0 Å². The number of halogens is 1. The lowest BCUT2D eigenvalue weighted by Gasteiger charge is -2.10. The minimum atomic E-state index is 0.459. The van der Waals surface area contributed by atoms with Crippen LogP contribution in [0.15, 0.2) is 41.0 Å². The maximum Gasteiger partial charge on any atom is 0.136 e. The number of nitrogens with one attached hydrogen (secondary N) is 1. The van der Waals surface area contributed by atoms with Crippen LogP contribution in [-0.4, -0.2) is 15.0 Å². The lowest BCUT2D eigenvalue weighted by atomic mass is 10.2. The van der Waals surface area contributed by atoms with E-state index >= 15 is 0 Å². The summed E-state index contributed by atoms with van der Waals surface area (Å²) in [5.41, 5.74) is 7.58. The van der Waals surface area contributed by atoms with Gasteiger partial charge in [-0.1, -0.05) is 19.1 Å². The zero-order chi connectivity index (χ0) is 14.8. The van der Waals surface area contributed by atoms with E-state index in [-0.39, 0.29) is 0 Å². The van der Waals surface area contributed by atoms with E-state index in [2.05, 4.69) is 36.2 Å². The number of anilines is 3. The second-order valence-electron chi connectivity index (χ2n) is 4.60. The van der Waals surface area contributed by atoms with Crippen LogP contribution in [0.25, 0.3) is 10.9 Å². The number of nitrogens with zero attached hydrogens (tertiary/aromatic N) is 3. The number of aromatic nitrogens is 3. The first-order chi connectivity index (χ1) is 10.2. The first kappa shape index (κ1) is 13.8. The summed E-state index contributed by atoms with van der Waals surface area (Å²) in [6.45, 7) is 2.00. The van der Waals surface area contributed by atoms with Gasteiger partial charge in [-0.25, -0.2) is 9.97 Å². The highest BCUT2D eigenvalue weighted by molar-refractivity contribution is 9.10. The van der Waals surface area contributed by atoms with Crippen molar-refractivity contribution in [3.63, 3.8) is 0 Å². The number of rotatable bonds is 3. The van der Waals surface area contributed by atoms with Gasteiger partial charge in [0.05, 0.1) is 11.2 Å². The van der Waals surface area contributed by atoms with Crippen LogP contribution in [0.2, 0.25) is 0 Å². The highest BCUT2D eigenvalue weighted by Gasteiger charge is 2.06. The Morgan fingerprint density at radius 3 is 2.90 bits per heavy atom. The molecule has 0 radical (unpaired) electrons. The highest BCUT2D eigenvalue weighted by atomic mass is 79.9. The van der Waals surface area contributed by atoms with Gasteiger partial charge in [0, 0.05) is 28.5 Å². The molecule has 0 aliphatic rings. The van der Waals surface area contributed by atoms with Crippen molar-refractivity contribution in [3.8, 4) is 0 Å². The Labute approximate surface area is 130 Å². The van der Waals surface area contributed by atoms with Gasteiger partial charge < -0.3 is 11.1 Å². The van der Waals surface area contributed by atoms with Crippen molar-refractivity contribution in [2.45, 2.75) is 13.3 Å². The highest BCUT2D eigenvalue weighted by Crippen LogP contribution is 2.26. The van der Waals surface area contributed by atoms with Crippen LogP contribution in [0.3, 0.4) is 0 Å². The Balaban J connectivity index is 2.04. The number of para-hydroxylation sites is 1. The molecule has 0 unspecified atom stereocenters. The van der Waals surface area contributed by atoms with E-state index in [1.54, 1.807) is 12.3 Å². The van der Waals surface area contributed by atoms with Crippen molar-refractivity contribution in [1.82, 2.24) is 15.0 Å². The third-order valence-electron chi connectivity index (χ3n) is 3.05. The molecule has 0 fully saturated rings. The van der Waals surface area contributed by atoms with Crippen molar-refractivity contribution in [1.29, 1.82) is 0 Å². The predicted octanol–water partition coefficient (Wildman–Crippen LogP) is 3.68. The fourth-order valence-electron chi connectivity index (χ4n) is 2.11. The lowest BCUT2D eigenvalue weighted by molar-refractivity contribution is 0.948. The monoisotopic (exact) mass is 343 g/mol. The molecule has 106 valence electrons. The summed E-state index contributed by atoms with van der Waals surface area (Å²) in [5, 5.41) is 4.32. The number of fused-ring (bicyclic) bond motifs is 1. The molecule has 3 N–H and O–H groups in total. The standard InChI is InChI=1S/C15H14BrN5/c1-2-13-20-12(17)7-14(21-13)19-11-5-3-4-9-6-10(16)8-18-15(9)11/h3-8H,2H2,1H3,(H3,17,19,20,21). The Hall–Kier alpha value is -2.21. The van der Waals surface area contributed by atoms with Crippen molar-refractivity contribution in [2.75, 3.05) is 11.1 Å². The molecule has 0 saturated carbocycles. The van der Waals surface area contributed by atoms with E-state index in [1.165, 1.54) is 0 Å². The van der Waals surface area contributed by atoms with Crippen molar-refractivity contribution in [3.05, 3.63) is 46.8 Å². The van der Waals surface area contributed by atoms with Gasteiger partial charge in [-0.2, -0.15) is 0 Å². The van der Waals surface area contributed by atoms with Gasteiger partial charge >= 0.3 is 0 Å². The molecule has 2 heterocycles. The smallest absolute Gasteiger partial charge is 0.136 e. The predicted molar refractivity (Wildman–Crippen MR) is 88.5 cm³/mol. The van der Waals surface area contributed by atoms with E-state index in [9.17, 15) is 0 Å². The molecule has 0 amide bonds. The lowest BCUT2D eigenvalue weighted by Crippen LogP contribution is -2.03. The van der Waals surface area contributed by atoms with Crippen LogP contribution in [0.4, 0.5) is 17.3 Å². The first-order valence-corrected chi connectivity index (χ1v) is 7.39. The Bertz CT molecular complexity index is 803. The van der Waals surface area contributed by atoms with Crippen molar-refractivity contribution in [2.24, 2.45) is 0 Å². The zero-order valence-corrected chi connectivity index (χ0v) is 13.1. The molecule has 0 spiro atoms. The first-order valence-electron chi connectivity index (χ1n) is 6.60. The topological polar surface area (TPSA) is 76.7 Å². The molecule has 5 nitrogen and oxygen atoms in total. The average molecular weight is 344 g/mol. The van der Waals surface area contributed by atoms with Crippen molar-refractivity contribution < 1.29 is 0 Å². The molecule has 1 aromatic carbocycles. The van der Waals surface area contributed by atoms with Crippen molar-refractivity contribution >= 4 is 44.2 Å². The van der Waals surface area contributed by atoms with Gasteiger partial charge in [0.2, 0.25) is 0 Å². The number of benzene rings is 1. The number of hydrogen-bond acceptors (Lipinski definition) is 5. The van der Waals surface area contributed by atoms with E-state index in [4.69, 9.17) is 5.73 Å². The zero-order valence-electron chi connectivity index (χ0n) is 11.5. The van der Waals surface area contributed by atoms with Gasteiger partial charge in [0.1, 0.15) is 17.5 Å². The molecule has 6 heteroatoms. The summed E-state index contributed by atoms with van der Waals surface area (Å²) in [6, 6.07) is 9.71. The molecule has 0 bridgehead atoms. The molecule has 3 aromatic rings. The second kappa shape index (κ2) is 5.65. The van der Waals surface area contributed by atoms with Gasteiger partial charge in [0.15, 0.2) is 0 Å². The fourth-order valence-corrected chi connectivity index (χ4v) is 2.46. The number of pyridine rings is 1. The largest absolute Gasteiger partial charge is 0.384 e. The van der Waals surface area contributed by atoms with Gasteiger partial charge in [-0.3, -0.25) is 4.98 Å². The summed E-state index contributed by atoms with van der Waals surface area (Å²) in [4.78, 5) is 13.1. The van der Waals surface area contributed by atoms with Gasteiger partial charge in [-0.15, -0.1) is 0 Å². The molecular formula is C15H14BrN5. The average Bonchev–Trinajstić information content (AvgIpc) is 2.46. The molecule has 0 atom stereocenters. The molecule has 21 heavy (non-hydrogen) atoms. The Morgan fingerprint density at radius 2 is 2.10 bits per heavy atom. The number of nitrogens with two attached hydrogens (primary N) is 1. The fraction of sp³-hybridized carbons (Fsp3) is 0.133. The van der Waals surface area contributed by atoms with E-state index in [0.717, 1.165) is 27.5 Å². The Kier molecular flexibility index (Phi) is 3.70. The number of hydrogen-bond donors (Lipinski definition) is 2. The summed E-state index contributed by atoms with van der Waals surface area (Å²) in [6.07, 6.45) is 2.51.